The molecule has 0 atom stereocenters. The van der Waals surface area contributed by atoms with Gasteiger partial charge in [-0.3, -0.25) is 19.8 Å². The molecule has 0 aliphatic carbocycles. The first kappa shape index (κ1) is 23.4. The zero-order chi connectivity index (χ0) is 20.7. The number of amides is 1. The Hall–Kier alpha value is -2.64. The zero-order valence-electron chi connectivity index (χ0n) is 16.7. The Labute approximate surface area is 154 Å². The summed E-state index contributed by atoms with van der Waals surface area (Å²) in [5, 5.41) is 11.4. The molecule has 0 N–H and O–H groups in total. The largest absolute Gasteiger partial charge is 0.468 e. The molecule has 0 spiro atoms. The van der Waals surface area contributed by atoms with E-state index in [0.717, 1.165) is 4.90 Å². The number of ether oxygens (including phenoxy) is 2. The van der Waals surface area contributed by atoms with Crippen LogP contribution in [0.15, 0.2) is 12.1 Å². The van der Waals surface area contributed by atoms with Gasteiger partial charge in [0.05, 0.1) is 12.0 Å². The second kappa shape index (κ2) is 9.74. The number of nitro benzene ring substituents is 1. The van der Waals surface area contributed by atoms with Gasteiger partial charge in [0, 0.05) is 6.07 Å². The molecule has 0 bridgehead atoms. The fraction of sp³-hybridized carbons (Fsp3) is 0.556. The molecule has 146 valence electrons. The zero-order valence-corrected chi connectivity index (χ0v) is 16.7. The third-order valence-electron chi connectivity index (χ3n) is 3.02. The monoisotopic (exact) mass is 368 g/mol. The number of hydrogen-bond donors (Lipinski definition) is 0. The highest BCUT2D eigenvalue weighted by Gasteiger charge is 2.32. The van der Waals surface area contributed by atoms with E-state index < -0.39 is 29.1 Å². The molecular weight excluding hydrogens is 340 g/mol. The standard InChI is InChI=1S/C16H22N2O6.C2H6/c1-10-7-11(2)14(12(8-10)18(21)22)17(9-13(19)23-6)15(20)24-16(3,4)5;1-2/h7-8H,9H2,1-6H3;1-2H3. The third-order valence-corrected chi connectivity index (χ3v) is 3.02. The van der Waals surface area contributed by atoms with Crippen LogP contribution >= 0.6 is 0 Å². The number of esters is 1. The first-order chi connectivity index (χ1) is 12.0. The van der Waals surface area contributed by atoms with Crippen LogP contribution in [0.1, 0.15) is 45.7 Å². The predicted octanol–water partition coefficient (Wildman–Crippen LogP) is 4.15. The Bertz CT molecular complexity index is 664. The van der Waals surface area contributed by atoms with Crippen molar-refractivity contribution >= 4 is 23.4 Å². The molecule has 1 rings (SSSR count). The minimum Gasteiger partial charge on any atom is -0.468 e. The summed E-state index contributed by atoms with van der Waals surface area (Å²) in [6, 6.07) is 3.04. The van der Waals surface area contributed by atoms with Gasteiger partial charge in [0.2, 0.25) is 0 Å². The Morgan fingerprint density at radius 2 is 1.73 bits per heavy atom. The number of nitrogens with zero attached hydrogens (tertiary/aromatic N) is 2. The van der Waals surface area contributed by atoms with E-state index in [1.165, 1.54) is 13.2 Å². The first-order valence-corrected chi connectivity index (χ1v) is 8.29. The summed E-state index contributed by atoms with van der Waals surface area (Å²) in [6.45, 7) is 11.8. The minimum absolute atomic E-state index is 0.0188. The number of rotatable bonds is 4. The average Bonchev–Trinajstić information content (AvgIpc) is 2.52. The van der Waals surface area contributed by atoms with Gasteiger partial charge in [-0.25, -0.2) is 4.79 Å². The smallest absolute Gasteiger partial charge is 0.415 e. The molecule has 0 saturated heterocycles. The first-order valence-electron chi connectivity index (χ1n) is 8.29. The van der Waals surface area contributed by atoms with Crippen molar-refractivity contribution < 1.29 is 24.0 Å². The van der Waals surface area contributed by atoms with E-state index >= 15 is 0 Å². The van der Waals surface area contributed by atoms with E-state index in [2.05, 4.69) is 4.74 Å². The van der Waals surface area contributed by atoms with Gasteiger partial charge in [0.1, 0.15) is 17.8 Å². The Balaban J connectivity index is 0.00000301. The molecule has 0 aliphatic heterocycles. The van der Waals surface area contributed by atoms with Crippen LogP contribution in [0.25, 0.3) is 0 Å². The lowest BCUT2D eigenvalue weighted by Gasteiger charge is -2.27. The lowest BCUT2D eigenvalue weighted by molar-refractivity contribution is -0.384. The number of carbonyl (C=O) groups is 2. The summed E-state index contributed by atoms with van der Waals surface area (Å²) in [6.07, 6.45) is -0.858. The van der Waals surface area contributed by atoms with Gasteiger partial charge in [-0.1, -0.05) is 19.9 Å². The van der Waals surface area contributed by atoms with E-state index in [1.54, 1.807) is 40.7 Å². The van der Waals surface area contributed by atoms with Crippen LogP contribution in [0.3, 0.4) is 0 Å². The lowest BCUT2D eigenvalue weighted by Crippen LogP contribution is -2.41. The number of hydrogen-bond acceptors (Lipinski definition) is 6. The molecule has 0 radical (unpaired) electrons. The summed E-state index contributed by atoms with van der Waals surface area (Å²) in [4.78, 5) is 35.9. The van der Waals surface area contributed by atoms with Crippen molar-refractivity contribution in [3.63, 3.8) is 0 Å². The molecule has 0 unspecified atom stereocenters. The van der Waals surface area contributed by atoms with Crippen molar-refractivity contribution in [2.45, 2.75) is 54.1 Å². The van der Waals surface area contributed by atoms with Gasteiger partial charge in [-0.2, -0.15) is 0 Å². The molecule has 0 saturated carbocycles. The third kappa shape index (κ3) is 6.70. The summed E-state index contributed by atoms with van der Waals surface area (Å²) >= 11 is 0. The van der Waals surface area contributed by atoms with Gasteiger partial charge in [-0.05, 0) is 45.7 Å². The molecule has 0 aliphatic rings. The number of aryl methyl sites for hydroxylation is 2. The van der Waals surface area contributed by atoms with Crippen molar-refractivity contribution in [1.29, 1.82) is 0 Å². The van der Waals surface area contributed by atoms with Gasteiger partial charge in [0.25, 0.3) is 5.69 Å². The SMILES string of the molecule is CC.COC(=O)CN(C(=O)OC(C)(C)C)c1c(C)cc(C)cc1[N+](=O)[O-]. The van der Waals surface area contributed by atoms with Crippen LogP contribution in [-0.4, -0.2) is 36.2 Å². The molecule has 0 aromatic heterocycles. The molecule has 0 fully saturated rings. The van der Waals surface area contributed by atoms with Crippen molar-refractivity contribution in [2.75, 3.05) is 18.6 Å². The summed E-state index contributed by atoms with van der Waals surface area (Å²) < 4.78 is 9.86. The second-order valence-corrected chi connectivity index (χ2v) is 6.35. The summed E-state index contributed by atoms with van der Waals surface area (Å²) in [7, 11) is 1.17. The summed E-state index contributed by atoms with van der Waals surface area (Å²) in [5.41, 5.74) is 0.0767. The minimum atomic E-state index is -0.858. The van der Waals surface area contributed by atoms with Crippen LogP contribution in [0.2, 0.25) is 0 Å². The molecule has 8 nitrogen and oxygen atoms in total. The topological polar surface area (TPSA) is 99.0 Å². The van der Waals surface area contributed by atoms with Crippen LogP contribution in [0, 0.1) is 24.0 Å². The van der Waals surface area contributed by atoms with Crippen molar-refractivity contribution in [3.05, 3.63) is 33.4 Å². The normalized spacial score (nSPS) is 10.3. The Kier molecular flexibility index (Phi) is 8.75. The van der Waals surface area contributed by atoms with E-state index in [-0.39, 0.29) is 11.4 Å². The van der Waals surface area contributed by atoms with Gasteiger partial charge in [-0.15, -0.1) is 0 Å². The van der Waals surface area contributed by atoms with Gasteiger partial charge in [0.15, 0.2) is 0 Å². The molecule has 26 heavy (non-hydrogen) atoms. The van der Waals surface area contributed by atoms with Crippen LogP contribution in [0.4, 0.5) is 16.2 Å². The van der Waals surface area contributed by atoms with E-state index in [0.29, 0.717) is 11.1 Å². The van der Waals surface area contributed by atoms with Crippen molar-refractivity contribution in [2.24, 2.45) is 0 Å². The average molecular weight is 368 g/mol. The number of nitro groups is 1. The fourth-order valence-corrected chi connectivity index (χ4v) is 2.17. The van der Waals surface area contributed by atoms with E-state index in [4.69, 9.17) is 4.74 Å². The number of methoxy groups -OCH3 is 1. The number of carbonyl (C=O) groups excluding carboxylic acids is 2. The second-order valence-electron chi connectivity index (χ2n) is 6.35. The van der Waals surface area contributed by atoms with E-state index in [1.807, 2.05) is 13.8 Å². The van der Waals surface area contributed by atoms with Crippen molar-refractivity contribution in [3.8, 4) is 0 Å². The Morgan fingerprint density at radius 3 is 2.15 bits per heavy atom. The summed E-state index contributed by atoms with van der Waals surface area (Å²) in [5.74, 6) is -0.713. The number of benzene rings is 1. The molecule has 8 heteroatoms. The van der Waals surface area contributed by atoms with Crippen LogP contribution < -0.4 is 4.90 Å². The maximum atomic E-state index is 12.5. The maximum absolute atomic E-state index is 12.5. The van der Waals surface area contributed by atoms with Crippen molar-refractivity contribution in [1.82, 2.24) is 0 Å². The molecule has 1 aromatic carbocycles. The van der Waals surface area contributed by atoms with Gasteiger partial charge >= 0.3 is 12.1 Å². The maximum Gasteiger partial charge on any atom is 0.415 e. The van der Waals surface area contributed by atoms with E-state index in [9.17, 15) is 19.7 Å². The predicted molar refractivity (Wildman–Crippen MR) is 99.5 cm³/mol. The quantitative estimate of drug-likeness (QED) is 0.450. The highest BCUT2D eigenvalue weighted by atomic mass is 16.6. The number of anilines is 1. The lowest BCUT2D eigenvalue weighted by atomic mass is 10.1. The molecule has 1 amide bonds. The fourth-order valence-electron chi connectivity index (χ4n) is 2.17. The highest BCUT2D eigenvalue weighted by Crippen LogP contribution is 2.34. The molecular formula is C18H28N2O6. The van der Waals surface area contributed by atoms with Crippen LogP contribution in [-0.2, 0) is 14.3 Å². The highest BCUT2D eigenvalue weighted by molar-refractivity contribution is 5.97. The molecule has 0 heterocycles. The van der Waals surface area contributed by atoms with Crippen LogP contribution in [0.5, 0.6) is 0 Å². The molecule has 1 aromatic rings. The Morgan fingerprint density at radius 1 is 1.19 bits per heavy atom. The van der Waals surface area contributed by atoms with Gasteiger partial charge < -0.3 is 9.47 Å².